The summed E-state index contributed by atoms with van der Waals surface area (Å²) in [5.74, 6) is 0.108. The maximum absolute atomic E-state index is 12.2. The first kappa shape index (κ1) is 12.9. The number of nitrogens with zero attached hydrogens (tertiary/aromatic N) is 1. The fourth-order valence-electron chi connectivity index (χ4n) is 2.20. The quantitative estimate of drug-likeness (QED) is 0.443. The molecule has 0 aliphatic rings. The molecular weight excluding hydrogens is 266 g/mol. The largest absolute Gasteiger partial charge is 0.287 e. The molecule has 0 bridgehead atoms. The van der Waals surface area contributed by atoms with E-state index in [0.717, 1.165) is 21.2 Å². The van der Waals surface area contributed by atoms with E-state index in [0.29, 0.717) is 6.54 Å². The van der Waals surface area contributed by atoms with Gasteiger partial charge in [-0.3, -0.25) is 4.79 Å². The van der Waals surface area contributed by atoms with Gasteiger partial charge in [-0.25, -0.2) is 0 Å². The van der Waals surface area contributed by atoms with Gasteiger partial charge in [-0.15, -0.1) is 12.6 Å². The summed E-state index contributed by atoms with van der Waals surface area (Å²) in [6.45, 7) is 0.344. The molecule has 0 aliphatic heterocycles. The van der Waals surface area contributed by atoms with Crippen LogP contribution in [0.1, 0.15) is 10.4 Å². The van der Waals surface area contributed by atoms with E-state index >= 15 is 0 Å². The van der Waals surface area contributed by atoms with Crippen LogP contribution in [-0.2, 0) is 6.54 Å². The van der Waals surface area contributed by atoms with Gasteiger partial charge in [0.2, 0.25) is 12.3 Å². The average molecular weight is 280 g/mol. The van der Waals surface area contributed by atoms with Gasteiger partial charge in [-0.05, 0) is 17.5 Å². The van der Waals surface area contributed by atoms with Gasteiger partial charge >= 0.3 is 0 Å². The monoisotopic (exact) mass is 280 g/mol. The molecule has 98 valence electrons. The summed E-state index contributed by atoms with van der Waals surface area (Å²) < 4.78 is 1.91. The Kier molecular flexibility index (Phi) is 3.52. The van der Waals surface area contributed by atoms with E-state index in [9.17, 15) is 4.79 Å². The second-order valence-corrected chi connectivity index (χ2v) is 5.24. The first-order valence-electron chi connectivity index (χ1n) is 6.42. The second-order valence-electron chi connectivity index (χ2n) is 4.72. The van der Waals surface area contributed by atoms with Crippen molar-refractivity contribution in [3.63, 3.8) is 0 Å². The van der Waals surface area contributed by atoms with E-state index in [1.807, 2.05) is 71.6 Å². The summed E-state index contributed by atoms with van der Waals surface area (Å²) in [4.78, 5) is 13.1. The van der Waals surface area contributed by atoms with Crippen LogP contribution < -0.4 is 4.57 Å². The summed E-state index contributed by atoms with van der Waals surface area (Å²) in [6.07, 6.45) is 3.91. The van der Waals surface area contributed by atoms with Crippen molar-refractivity contribution in [3.05, 3.63) is 72.6 Å². The van der Waals surface area contributed by atoms with Crippen molar-refractivity contribution in [2.45, 2.75) is 11.4 Å². The van der Waals surface area contributed by atoms with Gasteiger partial charge in [0.1, 0.15) is 0 Å². The fraction of sp³-hybridized carbons (Fsp3) is 0.0588. The van der Waals surface area contributed by atoms with Crippen LogP contribution >= 0.6 is 12.6 Å². The lowest BCUT2D eigenvalue weighted by molar-refractivity contribution is -0.681. The molecule has 0 saturated heterocycles. The molecule has 3 aromatic rings. The molecule has 0 fully saturated rings. The molecule has 0 amide bonds. The molecule has 0 aliphatic carbocycles. The van der Waals surface area contributed by atoms with Gasteiger partial charge in [0.25, 0.3) is 0 Å². The molecule has 3 heteroatoms. The lowest BCUT2D eigenvalue weighted by atomic mass is 10.1. The topological polar surface area (TPSA) is 20.9 Å². The van der Waals surface area contributed by atoms with Crippen LogP contribution in [-0.4, -0.2) is 5.78 Å². The van der Waals surface area contributed by atoms with Crippen molar-refractivity contribution in [1.29, 1.82) is 0 Å². The zero-order valence-electron chi connectivity index (χ0n) is 10.9. The molecule has 0 radical (unpaired) electrons. The van der Waals surface area contributed by atoms with Crippen LogP contribution in [0, 0.1) is 0 Å². The van der Waals surface area contributed by atoms with Crippen LogP contribution in [0.4, 0.5) is 0 Å². The SMILES string of the molecule is O=C(C[n+]1ccc2ccc(S)cc2c1)c1ccccc1. The Labute approximate surface area is 123 Å². The number of carbonyl (C=O) groups is 1. The van der Waals surface area contributed by atoms with Crippen molar-refractivity contribution in [1.82, 2.24) is 0 Å². The number of pyridine rings is 1. The number of rotatable bonds is 3. The third-order valence-corrected chi connectivity index (χ3v) is 3.52. The van der Waals surface area contributed by atoms with Gasteiger partial charge < -0.3 is 0 Å². The number of hydrogen-bond donors (Lipinski definition) is 1. The smallest absolute Gasteiger partial charge is 0.227 e. The first-order valence-corrected chi connectivity index (χ1v) is 6.87. The van der Waals surface area contributed by atoms with Crippen LogP contribution in [0.15, 0.2) is 71.9 Å². The number of ketones is 1. The molecule has 1 aromatic heterocycles. The molecule has 2 aromatic carbocycles. The molecule has 20 heavy (non-hydrogen) atoms. The minimum absolute atomic E-state index is 0.108. The van der Waals surface area contributed by atoms with Crippen LogP contribution in [0.3, 0.4) is 0 Å². The van der Waals surface area contributed by atoms with E-state index in [4.69, 9.17) is 0 Å². The van der Waals surface area contributed by atoms with E-state index in [1.165, 1.54) is 0 Å². The number of aromatic nitrogens is 1. The van der Waals surface area contributed by atoms with Gasteiger partial charge in [0, 0.05) is 21.9 Å². The standard InChI is InChI=1S/C17H13NOS/c19-17(14-4-2-1-3-5-14)12-18-9-8-13-6-7-16(20)10-15(13)11-18/h1-11H,12H2/p+1. The molecule has 0 N–H and O–H groups in total. The summed E-state index contributed by atoms with van der Waals surface area (Å²) in [6, 6.07) is 17.4. The molecule has 0 unspecified atom stereocenters. The number of Topliss-reactive ketones (excluding diaryl/α,β-unsaturated/α-hetero) is 1. The number of fused-ring (bicyclic) bond motifs is 1. The Hall–Kier alpha value is -2.13. The molecule has 1 heterocycles. The lowest BCUT2D eigenvalue weighted by Gasteiger charge is -2.00. The van der Waals surface area contributed by atoms with Crippen molar-refractivity contribution in [3.8, 4) is 0 Å². The normalized spacial score (nSPS) is 10.7. The third kappa shape index (κ3) is 2.73. The van der Waals surface area contributed by atoms with Crippen LogP contribution in [0.5, 0.6) is 0 Å². The molecule has 0 atom stereocenters. The Morgan fingerprint density at radius 3 is 2.60 bits per heavy atom. The second kappa shape index (κ2) is 5.47. The Balaban J connectivity index is 1.89. The maximum atomic E-state index is 12.2. The number of benzene rings is 2. The highest BCUT2D eigenvalue weighted by molar-refractivity contribution is 7.80. The van der Waals surface area contributed by atoms with Crippen molar-refractivity contribution in [2.24, 2.45) is 0 Å². The highest BCUT2D eigenvalue weighted by atomic mass is 32.1. The third-order valence-electron chi connectivity index (χ3n) is 3.24. The molecule has 0 saturated carbocycles. The Morgan fingerprint density at radius 1 is 1.00 bits per heavy atom. The summed E-state index contributed by atoms with van der Waals surface area (Å²) in [5, 5.41) is 2.23. The lowest BCUT2D eigenvalue weighted by Crippen LogP contribution is -2.37. The molecule has 0 spiro atoms. The van der Waals surface area contributed by atoms with Gasteiger partial charge in [0.05, 0.1) is 0 Å². The van der Waals surface area contributed by atoms with Crippen molar-refractivity contribution < 1.29 is 9.36 Å². The zero-order chi connectivity index (χ0) is 13.9. The van der Waals surface area contributed by atoms with Gasteiger partial charge in [0.15, 0.2) is 12.4 Å². The number of carbonyl (C=O) groups excluding carboxylic acids is 1. The molecule has 2 nitrogen and oxygen atoms in total. The molecule has 3 rings (SSSR count). The van der Waals surface area contributed by atoms with Crippen molar-refractivity contribution >= 4 is 29.2 Å². The summed E-state index contributed by atoms with van der Waals surface area (Å²) >= 11 is 4.35. The van der Waals surface area contributed by atoms with E-state index in [2.05, 4.69) is 12.6 Å². The summed E-state index contributed by atoms with van der Waals surface area (Å²) in [5.41, 5.74) is 0.739. The Morgan fingerprint density at radius 2 is 1.80 bits per heavy atom. The van der Waals surface area contributed by atoms with Crippen LogP contribution in [0.25, 0.3) is 10.8 Å². The minimum Gasteiger partial charge on any atom is -0.287 e. The van der Waals surface area contributed by atoms with Gasteiger partial charge in [-0.1, -0.05) is 36.4 Å². The van der Waals surface area contributed by atoms with Crippen molar-refractivity contribution in [2.75, 3.05) is 0 Å². The first-order chi connectivity index (χ1) is 9.72. The molecular formula is C17H14NOS+. The zero-order valence-corrected chi connectivity index (χ0v) is 11.8. The number of thiol groups is 1. The highest BCUT2D eigenvalue weighted by Gasteiger charge is 2.12. The summed E-state index contributed by atoms with van der Waals surface area (Å²) in [7, 11) is 0. The van der Waals surface area contributed by atoms with Crippen LogP contribution in [0.2, 0.25) is 0 Å². The predicted molar refractivity (Wildman–Crippen MR) is 82.2 cm³/mol. The van der Waals surface area contributed by atoms with E-state index in [1.54, 1.807) is 0 Å². The average Bonchev–Trinajstić information content (AvgIpc) is 2.47. The van der Waals surface area contributed by atoms with E-state index in [-0.39, 0.29) is 5.78 Å². The fourth-order valence-corrected chi connectivity index (χ4v) is 2.42. The number of hydrogen-bond acceptors (Lipinski definition) is 2. The Bertz CT molecular complexity index is 768. The van der Waals surface area contributed by atoms with Gasteiger partial charge in [-0.2, -0.15) is 4.57 Å². The van der Waals surface area contributed by atoms with E-state index < -0.39 is 0 Å². The minimum atomic E-state index is 0.108. The predicted octanol–water partition coefficient (Wildman–Crippen LogP) is 3.30. The highest BCUT2D eigenvalue weighted by Crippen LogP contribution is 2.16. The maximum Gasteiger partial charge on any atom is 0.227 e.